The molecule has 0 unspecified atom stereocenters. The van der Waals surface area contributed by atoms with Crippen molar-refractivity contribution in [1.82, 2.24) is 5.32 Å². The number of unbranched alkanes of at least 4 members (excludes halogenated alkanes) is 9. The molecule has 1 aromatic rings. The molecule has 0 saturated carbocycles. The lowest BCUT2D eigenvalue weighted by atomic mass is 10.1. The Morgan fingerprint density at radius 3 is 2.04 bits per heavy atom. The van der Waals surface area contributed by atoms with E-state index in [1.165, 1.54) is 69.8 Å². The molecule has 1 rings (SSSR count). The Bertz CT molecular complexity index is 388. The van der Waals surface area contributed by atoms with Crippen LogP contribution in [0.1, 0.15) is 69.8 Å². The van der Waals surface area contributed by atoms with Gasteiger partial charge in [0.25, 0.3) is 0 Å². The maximum atomic E-state index is 5.49. The molecule has 140 valence electrons. The molecule has 0 aliphatic heterocycles. The first-order valence-electron chi connectivity index (χ1n) is 9.40. The maximum Gasteiger partial charge on any atom is 0.119 e. The van der Waals surface area contributed by atoms with Crippen molar-refractivity contribution in [2.45, 2.75) is 70.8 Å². The van der Waals surface area contributed by atoms with E-state index in [0.717, 1.165) is 25.4 Å². The molecule has 3 N–H and O–H groups in total. The van der Waals surface area contributed by atoms with Crippen LogP contribution in [0.15, 0.2) is 24.3 Å². The van der Waals surface area contributed by atoms with Gasteiger partial charge in [-0.05, 0) is 43.6 Å². The van der Waals surface area contributed by atoms with Gasteiger partial charge >= 0.3 is 0 Å². The fourth-order valence-electron chi connectivity index (χ4n) is 2.82. The number of methoxy groups -OCH3 is 1. The molecular formula is C20H37ClN2O. The van der Waals surface area contributed by atoms with Gasteiger partial charge in [0.1, 0.15) is 5.75 Å². The van der Waals surface area contributed by atoms with Gasteiger partial charge in [0.2, 0.25) is 0 Å². The van der Waals surface area contributed by atoms with Gasteiger partial charge in [0.05, 0.1) is 7.11 Å². The first kappa shape index (κ1) is 23.2. The lowest BCUT2D eigenvalue weighted by Gasteiger charge is -2.07. The highest BCUT2D eigenvalue weighted by Crippen LogP contribution is 2.12. The Kier molecular flexibility index (Phi) is 16.5. The highest BCUT2D eigenvalue weighted by atomic mass is 35.5. The van der Waals surface area contributed by atoms with E-state index in [1.807, 2.05) is 12.1 Å². The van der Waals surface area contributed by atoms with Gasteiger partial charge < -0.3 is 15.8 Å². The second-order valence-corrected chi connectivity index (χ2v) is 6.35. The predicted molar refractivity (Wildman–Crippen MR) is 107 cm³/mol. The SMILES string of the molecule is COc1cccc(CNCCCCCCCCCCCCN)c1.Cl. The van der Waals surface area contributed by atoms with E-state index in [-0.39, 0.29) is 12.4 Å². The lowest BCUT2D eigenvalue weighted by molar-refractivity contribution is 0.414. The van der Waals surface area contributed by atoms with E-state index in [2.05, 4.69) is 17.4 Å². The van der Waals surface area contributed by atoms with Crippen molar-refractivity contribution in [2.75, 3.05) is 20.2 Å². The normalized spacial score (nSPS) is 10.4. The Morgan fingerprint density at radius 1 is 0.875 bits per heavy atom. The monoisotopic (exact) mass is 356 g/mol. The molecule has 0 aliphatic carbocycles. The third kappa shape index (κ3) is 12.6. The molecular weight excluding hydrogens is 320 g/mol. The van der Waals surface area contributed by atoms with Crippen molar-refractivity contribution in [1.29, 1.82) is 0 Å². The molecule has 0 bridgehead atoms. The van der Waals surface area contributed by atoms with Crippen molar-refractivity contribution in [3.05, 3.63) is 29.8 Å². The van der Waals surface area contributed by atoms with E-state index in [1.54, 1.807) is 7.11 Å². The fraction of sp³-hybridized carbons (Fsp3) is 0.700. The summed E-state index contributed by atoms with van der Waals surface area (Å²) in [5, 5.41) is 3.52. The van der Waals surface area contributed by atoms with E-state index < -0.39 is 0 Å². The maximum absolute atomic E-state index is 5.49. The van der Waals surface area contributed by atoms with Crippen molar-refractivity contribution in [2.24, 2.45) is 5.73 Å². The number of ether oxygens (including phenoxy) is 1. The number of hydrogen-bond acceptors (Lipinski definition) is 3. The summed E-state index contributed by atoms with van der Waals surface area (Å²) in [4.78, 5) is 0. The number of rotatable bonds is 15. The smallest absolute Gasteiger partial charge is 0.119 e. The molecule has 0 amide bonds. The summed E-state index contributed by atoms with van der Waals surface area (Å²) in [7, 11) is 1.71. The molecule has 0 aromatic heterocycles. The molecule has 0 spiro atoms. The third-order valence-corrected chi connectivity index (χ3v) is 4.27. The van der Waals surface area contributed by atoms with Crippen LogP contribution in [0.25, 0.3) is 0 Å². The van der Waals surface area contributed by atoms with Crippen LogP contribution in [-0.4, -0.2) is 20.2 Å². The first-order chi connectivity index (χ1) is 11.4. The second kappa shape index (κ2) is 17.1. The van der Waals surface area contributed by atoms with Gasteiger partial charge in [-0.3, -0.25) is 0 Å². The number of nitrogens with two attached hydrogens (primary N) is 1. The summed E-state index contributed by atoms with van der Waals surface area (Å²) in [5.41, 5.74) is 6.78. The van der Waals surface area contributed by atoms with Gasteiger partial charge in [-0.25, -0.2) is 0 Å². The minimum absolute atomic E-state index is 0. The van der Waals surface area contributed by atoms with E-state index in [9.17, 15) is 0 Å². The van der Waals surface area contributed by atoms with Crippen LogP contribution in [0, 0.1) is 0 Å². The predicted octanol–water partition coefficient (Wildman–Crippen LogP) is 5.07. The molecule has 0 heterocycles. The largest absolute Gasteiger partial charge is 0.497 e. The number of hydrogen-bond donors (Lipinski definition) is 2. The van der Waals surface area contributed by atoms with E-state index in [0.29, 0.717) is 0 Å². The Balaban J connectivity index is 0.00000529. The molecule has 24 heavy (non-hydrogen) atoms. The molecule has 3 nitrogen and oxygen atoms in total. The van der Waals surface area contributed by atoms with Crippen LogP contribution >= 0.6 is 12.4 Å². The minimum atomic E-state index is 0. The number of benzene rings is 1. The van der Waals surface area contributed by atoms with E-state index in [4.69, 9.17) is 10.5 Å². The van der Waals surface area contributed by atoms with Gasteiger partial charge in [0, 0.05) is 6.54 Å². The third-order valence-electron chi connectivity index (χ3n) is 4.27. The average Bonchev–Trinajstić information content (AvgIpc) is 2.59. The summed E-state index contributed by atoms with van der Waals surface area (Å²) in [5.74, 6) is 0.937. The van der Waals surface area contributed by atoms with Gasteiger partial charge in [-0.2, -0.15) is 0 Å². The standard InChI is InChI=1S/C20H36N2O.ClH/c1-23-20-14-12-13-19(17-20)18-22-16-11-9-7-5-3-2-4-6-8-10-15-21;/h12-14,17,22H,2-11,15-16,18,21H2,1H3;1H. The Morgan fingerprint density at radius 2 is 1.46 bits per heavy atom. The van der Waals surface area contributed by atoms with Gasteiger partial charge in [-0.15, -0.1) is 12.4 Å². The Labute approximate surface area is 155 Å². The molecule has 0 aliphatic rings. The van der Waals surface area contributed by atoms with Crippen LogP contribution < -0.4 is 15.8 Å². The zero-order valence-electron chi connectivity index (χ0n) is 15.4. The molecule has 1 aromatic carbocycles. The highest BCUT2D eigenvalue weighted by molar-refractivity contribution is 5.85. The fourth-order valence-corrected chi connectivity index (χ4v) is 2.82. The van der Waals surface area contributed by atoms with Crippen LogP contribution in [0.5, 0.6) is 5.75 Å². The van der Waals surface area contributed by atoms with Crippen molar-refractivity contribution >= 4 is 12.4 Å². The molecule has 0 fully saturated rings. The summed E-state index contributed by atoms with van der Waals surface area (Å²) < 4.78 is 5.24. The average molecular weight is 357 g/mol. The molecule has 0 radical (unpaired) electrons. The van der Waals surface area contributed by atoms with Gasteiger partial charge in [0.15, 0.2) is 0 Å². The number of halogens is 1. The summed E-state index contributed by atoms with van der Waals surface area (Å²) in [6.07, 6.45) is 13.5. The quantitative estimate of drug-likeness (QED) is 0.431. The Hall–Kier alpha value is -0.770. The first-order valence-corrected chi connectivity index (χ1v) is 9.40. The zero-order chi connectivity index (χ0) is 16.6. The van der Waals surface area contributed by atoms with Crippen LogP contribution in [0.3, 0.4) is 0 Å². The van der Waals surface area contributed by atoms with Crippen LogP contribution in [0.4, 0.5) is 0 Å². The molecule has 0 atom stereocenters. The zero-order valence-corrected chi connectivity index (χ0v) is 16.2. The summed E-state index contributed by atoms with van der Waals surface area (Å²) >= 11 is 0. The minimum Gasteiger partial charge on any atom is -0.497 e. The van der Waals surface area contributed by atoms with E-state index >= 15 is 0 Å². The second-order valence-electron chi connectivity index (χ2n) is 6.35. The summed E-state index contributed by atoms with van der Waals surface area (Å²) in [6.45, 7) is 2.89. The van der Waals surface area contributed by atoms with Crippen molar-refractivity contribution in [3.63, 3.8) is 0 Å². The lowest BCUT2D eigenvalue weighted by Crippen LogP contribution is -2.14. The van der Waals surface area contributed by atoms with Crippen LogP contribution in [-0.2, 0) is 6.54 Å². The topological polar surface area (TPSA) is 47.3 Å². The number of nitrogens with one attached hydrogen (secondary N) is 1. The van der Waals surface area contributed by atoms with Crippen molar-refractivity contribution in [3.8, 4) is 5.75 Å². The molecule has 4 heteroatoms. The van der Waals surface area contributed by atoms with Crippen LogP contribution in [0.2, 0.25) is 0 Å². The van der Waals surface area contributed by atoms with Crippen molar-refractivity contribution < 1.29 is 4.74 Å². The summed E-state index contributed by atoms with van der Waals surface area (Å²) in [6, 6.07) is 8.27. The highest BCUT2D eigenvalue weighted by Gasteiger charge is 1.96. The molecule has 0 saturated heterocycles. The van der Waals surface area contributed by atoms with Gasteiger partial charge in [-0.1, -0.05) is 63.5 Å².